The molecule has 0 atom stereocenters. The van der Waals surface area contributed by atoms with Gasteiger partial charge in [-0.05, 0) is 12.1 Å². The van der Waals surface area contributed by atoms with Crippen LogP contribution in [0.15, 0.2) is 23.2 Å². The topological polar surface area (TPSA) is 50.4 Å². The average Bonchev–Trinajstić information content (AvgIpc) is 2.16. The monoisotopic (exact) mass is 231 g/mol. The Morgan fingerprint density at radius 1 is 1.43 bits per heavy atom. The van der Waals surface area contributed by atoms with E-state index in [4.69, 9.17) is 28.9 Å². The number of hydrogen-bond donors (Lipinski definition) is 2. The summed E-state index contributed by atoms with van der Waals surface area (Å²) >= 11 is 11.9. The molecule has 3 N–H and O–H groups in total. The molecule has 0 unspecified atom stereocenters. The van der Waals surface area contributed by atoms with Crippen LogP contribution in [0.4, 0.5) is 0 Å². The van der Waals surface area contributed by atoms with Crippen molar-refractivity contribution in [2.75, 3.05) is 7.05 Å². The van der Waals surface area contributed by atoms with E-state index < -0.39 is 0 Å². The van der Waals surface area contributed by atoms with Crippen molar-refractivity contribution in [1.82, 2.24) is 5.32 Å². The molecule has 0 amide bonds. The number of guanidine groups is 1. The van der Waals surface area contributed by atoms with Crippen LogP contribution in [0.1, 0.15) is 5.56 Å². The Morgan fingerprint density at radius 3 is 2.50 bits per heavy atom. The maximum absolute atomic E-state index is 5.95. The highest BCUT2D eigenvalue weighted by Crippen LogP contribution is 2.23. The average molecular weight is 232 g/mol. The molecule has 0 saturated heterocycles. The molecule has 3 nitrogen and oxygen atoms in total. The molecule has 0 aromatic heterocycles. The Kier molecular flexibility index (Phi) is 4.04. The molecule has 0 bridgehead atoms. The van der Waals surface area contributed by atoms with Crippen LogP contribution in [0.25, 0.3) is 0 Å². The fraction of sp³-hybridized carbons (Fsp3) is 0.222. The van der Waals surface area contributed by atoms with Gasteiger partial charge in [-0.25, -0.2) is 0 Å². The van der Waals surface area contributed by atoms with Crippen LogP contribution in [0, 0.1) is 0 Å². The van der Waals surface area contributed by atoms with Crippen molar-refractivity contribution < 1.29 is 0 Å². The van der Waals surface area contributed by atoms with Crippen LogP contribution in [0.5, 0.6) is 0 Å². The third kappa shape index (κ3) is 2.79. The minimum Gasteiger partial charge on any atom is -0.370 e. The zero-order valence-corrected chi connectivity index (χ0v) is 9.23. The first-order chi connectivity index (χ1) is 6.65. The molecule has 0 aliphatic carbocycles. The molecule has 0 spiro atoms. The molecular weight excluding hydrogens is 221 g/mol. The van der Waals surface area contributed by atoms with Gasteiger partial charge in [0.15, 0.2) is 5.96 Å². The Balaban J connectivity index is 2.76. The predicted molar refractivity (Wildman–Crippen MR) is 60.8 cm³/mol. The van der Waals surface area contributed by atoms with Gasteiger partial charge >= 0.3 is 0 Å². The van der Waals surface area contributed by atoms with E-state index in [-0.39, 0.29) is 0 Å². The van der Waals surface area contributed by atoms with Gasteiger partial charge in [-0.2, -0.15) is 0 Å². The van der Waals surface area contributed by atoms with Crippen molar-refractivity contribution >= 4 is 29.2 Å². The first-order valence-electron chi connectivity index (χ1n) is 4.04. The predicted octanol–water partition coefficient (Wildman–Crippen LogP) is 2.03. The Hall–Kier alpha value is -0.930. The molecule has 1 aromatic rings. The Bertz CT molecular complexity index is 330. The lowest BCUT2D eigenvalue weighted by Gasteiger charge is -2.08. The van der Waals surface area contributed by atoms with Gasteiger partial charge in [-0.1, -0.05) is 29.3 Å². The van der Waals surface area contributed by atoms with Crippen molar-refractivity contribution in [2.24, 2.45) is 10.7 Å². The summed E-state index contributed by atoms with van der Waals surface area (Å²) in [6.45, 7) is 0.474. The van der Waals surface area contributed by atoms with Crippen molar-refractivity contribution in [3.8, 4) is 0 Å². The van der Waals surface area contributed by atoms with E-state index in [9.17, 15) is 0 Å². The summed E-state index contributed by atoms with van der Waals surface area (Å²) in [6.07, 6.45) is 0. The van der Waals surface area contributed by atoms with E-state index in [1.807, 2.05) is 0 Å². The second kappa shape index (κ2) is 5.08. The van der Waals surface area contributed by atoms with Crippen molar-refractivity contribution in [1.29, 1.82) is 0 Å². The number of aliphatic imine (C=N–C) groups is 1. The lowest BCUT2D eigenvalue weighted by atomic mass is 10.2. The molecule has 0 aliphatic rings. The largest absolute Gasteiger partial charge is 0.370 e. The second-order valence-corrected chi connectivity index (χ2v) is 3.48. The number of halogens is 2. The number of rotatable bonds is 2. The molecule has 0 radical (unpaired) electrons. The Morgan fingerprint density at radius 2 is 2.00 bits per heavy atom. The lowest BCUT2D eigenvalue weighted by Crippen LogP contribution is -2.30. The lowest BCUT2D eigenvalue weighted by molar-refractivity contribution is 0.901. The molecule has 5 heteroatoms. The van der Waals surface area contributed by atoms with Crippen LogP contribution in [-0.2, 0) is 6.54 Å². The van der Waals surface area contributed by atoms with Crippen LogP contribution in [0.2, 0.25) is 10.0 Å². The fourth-order valence-electron chi connectivity index (χ4n) is 0.959. The molecule has 0 aliphatic heterocycles. The van der Waals surface area contributed by atoms with E-state index in [0.29, 0.717) is 22.5 Å². The van der Waals surface area contributed by atoms with Gasteiger partial charge in [0.2, 0.25) is 0 Å². The molecule has 1 aromatic carbocycles. The van der Waals surface area contributed by atoms with E-state index in [1.165, 1.54) is 0 Å². The van der Waals surface area contributed by atoms with Gasteiger partial charge in [-0.15, -0.1) is 0 Å². The van der Waals surface area contributed by atoms with E-state index in [1.54, 1.807) is 25.2 Å². The van der Waals surface area contributed by atoms with Crippen molar-refractivity contribution in [3.63, 3.8) is 0 Å². The normalized spacial score (nSPS) is 11.5. The van der Waals surface area contributed by atoms with E-state index in [0.717, 1.165) is 5.56 Å². The molecular formula is C9H11Cl2N3. The highest BCUT2D eigenvalue weighted by Gasteiger charge is 2.04. The highest BCUT2D eigenvalue weighted by molar-refractivity contribution is 6.36. The van der Waals surface area contributed by atoms with Gasteiger partial charge < -0.3 is 11.1 Å². The van der Waals surface area contributed by atoms with Gasteiger partial charge in [0.05, 0.1) is 0 Å². The highest BCUT2D eigenvalue weighted by atomic mass is 35.5. The molecule has 76 valence electrons. The summed E-state index contributed by atoms with van der Waals surface area (Å²) in [4.78, 5) is 3.76. The minimum atomic E-state index is 0.362. The summed E-state index contributed by atoms with van der Waals surface area (Å²) in [6, 6.07) is 5.36. The number of nitrogens with one attached hydrogen (secondary N) is 1. The van der Waals surface area contributed by atoms with Gasteiger partial charge in [0, 0.05) is 29.2 Å². The van der Waals surface area contributed by atoms with Gasteiger partial charge in [0.25, 0.3) is 0 Å². The fourth-order valence-corrected chi connectivity index (χ4v) is 1.49. The first-order valence-corrected chi connectivity index (χ1v) is 4.79. The quantitative estimate of drug-likeness (QED) is 0.605. The van der Waals surface area contributed by atoms with Crippen LogP contribution < -0.4 is 11.1 Å². The maximum Gasteiger partial charge on any atom is 0.188 e. The zero-order valence-electron chi connectivity index (χ0n) is 7.72. The third-order valence-corrected chi connectivity index (χ3v) is 2.46. The minimum absolute atomic E-state index is 0.362. The zero-order chi connectivity index (χ0) is 10.6. The summed E-state index contributed by atoms with van der Waals surface area (Å²) in [7, 11) is 1.61. The first kappa shape index (κ1) is 11.1. The summed E-state index contributed by atoms with van der Waals surface area (Å²) in [5.41, 5.74) is 6.30. The van der Waals surface area contributed by atoms with Crippen LogP contribution in [0.3, 0.4) is 0 Å². The van der Waals surface area contributed by atoms with Crippen LogP contribution >= 0.6 is 23.2 Å². The summed E-state index contributed by atoms with van der Waals surface area (Å²) in [5.74, 6) is 0.362. The Labute approximate surface area is 92.9 Å². The molecule has 14 heavy (non-hydrogen) atoms. The van der Waals surface area contributed by atoms with Crippen molar-refractivity contribution in [3.05, 3.63) is 33.8 Å². The summed E-state index contributed by atoms with van der Waals surface area (Å²) < 4.78 is 0. The SMILES string of the molecule is CN=C(N)NCc1c(Cl)cccc1Cl. The van der Waals surface area contributed by atoms with Gasteiger partial charge in [0.1, 0.15) is 0 Å². The van der Waals surface area contributed by atoms with Gasteiger partial charge in [-0.3, -0.25) is 4.99 Å². The van der Waals surface area contributed by atoms with Crippen LogP contribution in [-0.4, -0.2) is 13.0 Å². The third-order valence-electron chi connectivity index (χ3n) is 1.75. The molecule has 1 rings (SSSR count). The van der Waals surface area contributed by atoms with E-state index in [2.05, 4.69) is 10.3 Å². The smallest absolute Gasteiger partial charge is 0.188 e. The number of nitrogens with two attached hydrogens (primary N) is 1. The molecule has 0 saturated carbocycles. The second-order valence-electron chi connectivity index (χ2n) is 2.66. The number of nitrogens with zero attached hydrogens (tertiary/aromatic N) is 1. The summed E-state index contributed by atoms with van der Waals surface area (Å²) in [5, 5.41) is 4.13. The van der Waals surface area contributed by atoms with E-state index >= 15 is 0 Å². The van der Waals surface area contributed by atoms with Crippen molar-refractivity contribution in [2.45, 2.75) is 6.54 Å². The maximum atomic E-state index is 5.95. The standard InChI is InChI=1S/C9H11Cl2N3/c1-13-9(12)14-5-6-7(10)3-2-4-8(6)11/h2-4H,5H2,1H3,(H3,12,13,14). The molecule has 0 heterocycles. The number of benzene rings is 1. The molecule has 0 fully saturated rings. The number of hydrogen-bond acceptors (Lipinski definition) is 1.